The lowest BCUT2D eigenvalue weighted by Crippen LogP contribution is -2.47. The summed E-state index contributed by atoms with van der Waals surface area (Å²) in [6, 6.07) is 0. The SMILES string of the molecule is CCC(=O)CCC1([N+](=O)[O-])CCCCCCCCC1=O. The Hall–Kier alpha value is -1.26. The molecule has 5 heteroatoms. The monoisotopic (exact) mass is 283 g/mol. The Morgan fingerprint density at radius 1 is 1.20 bits per heavy atom. The minimum absolute atomic E-state index is 0.00359. The van der Waals surface area contributed by atoms with E-state index in [0.29, 0.717) is 12.8 Å². The maximum Gasteiger partial charge on any atom is 0.279 e. The number of ketones is 2. The van der Waals surface area contributed by atoms with E-state index in [1.807, 2.05) is 0 Å². The summed E-state index contributed by atoms with van der Waals surface area (Å²) in [7, 11) is 0. The van der Waals surface area contributed by atoms with Crippen molar-refractivity contribution in [2.24, 2.45) is 0 Å². The van der Waals surface area contributed by atoms with Gasteiger partial charge in [0.2, 0.25) is 5.78 Å². The second-order valence-corrected chi connectivity index (χ2v) is 5.73. The van der Waals surface area contributed by atoms with Crippen LogP contribution in [-0.2, 0) is 9.59 Å². The Balaban J connectivity index is 2.86. The molecule has 1 saturated carbocycles. The fraction of sp³-hybridized carbons (Fsp3) is 0.867. The molecule has 0 saturated heterocycles. The van der Waals surface area contributed by atoms with E-state index in [9.17, 15) is 19.7 Å². The normalized spacial score (nSPS) is 25.1. The van der Waals surface area contributed by atoms with E-state index >= 15 is 0 Å². The van der Waals surface area contributed by atoms with Crippen molar-refractivity contribution >= 4 is 11.6 Å². The standard InChI is InChI=1S/C15H25NO4/c1-2-13(17)10-12-15(16(19)20)11-8-6-4-3-5-7-9-14(15)18/h2-12H2,1H3. The fourth-order valence-corrected chi connectivity index (χ4v) is 2.85. The average Bonchev–Trinajstić information content (AvgIpc) is 2.44. The first-order valence-electron chi connectivity index (χ1n) is 7.72. The zero-order valence-electron chi connectivity index (χ0n) is 12.4. The molecule has 1 atom stereocenters. The van der Waals surface area contributed by atoms with E-state index in [0.717, 1.165) is 32.1 Å². The third-order valence-electron chi connectivity index (χ3n) is 4.32. The largest absolute Gasteiger partial charge is 0.300 e. The van der Waals surface area contributed by atoms with E-state index in [1.54, 1.807) is 6.92 Å². The van der Waals surface area contributed by atoms with Gasteiger partial charge in [-0.25, -0.2) is 0 Å². The van der Waals surface area contributed by atoms with Gasteiger partial charge in [-0.15, -0.1) is 0 Å². The minimum atomic E-state index is -1.51. The first kappa shape index (κ1) is 16.8. The van der Waals surface area contributed by atoms with Crippen LogP contribution in [0.5, 0.6) is 0 Å². The second-order valence-electron chi connectivity index (χ2n) is 5.73. The molecule has 0 aromatic carbocycles. The Kier molecular flexibility index (Phi) is 6.82. The Bertz CT molecular complexity index is 367. The molecule has 1 aliphatic rings. The number of rotatable bonds is 5. The molecule has 0 heterocycles. The van der Waals surface area contributed by atoms with Crippen molar-refractivity contribution in [3.05, 3.63) is 10.1 Å². The van der Waals surface area contributed by atoms with Gasteiger partial charge in [-0.2, -0.15) is 0 Å². The summed E-state index contributed by atoms with van der Waals surface area (Å²) < 4.78 is 0. The highest BCUT2D eigenvalue weighted by Gasteiger charge is 2.48. The predicted molar refractivity (Wildman–Crippen MR) is 76.2 cm³/mol. The van der Waals surface area contributed by atoms with Crippen LogP contribution in [0.15, 0.2) is 0 Å². The zero-order chi connectivity index (χ0) is 15.0. The molecule has 0 aromatic rings. The van der Waals surface area contributed by atoms with E-state index in [1.165, 1.54) is 0 Å². The first-order valence-corrected chi connectivity index (χ1v) is 7.72. The smallest absolute Gasteiger partial charge is 0.279 e. The van der Waals surface area contributed by atoms with Gasteiger partial charge in [0.25, 0.3) is 5.54 Å². The summed E-state index contributed by atoms with van der Waals surface area (Å²) >= 11 is 0. The third-order valence-corrected chi connectivity index (χ3v) is 4.32. The van der Waals surface area contributed by atoms with Gasteiger partial charge >= 0.3 is 0 Å². The van der Waals surface area contributed by atoms with Crippen molar-refractivity contribution in [3.8, 4) is 0 Å². The highest BCUT2D eigenvalue weighted by atomic mass is 16.6. The summed E-state index contributed by atoms with van der Waals surface area (Å²) in [6.07, 6.45) is 6.68. The summed E-state index contributed by atoms with van der Waals surface area (Å²) in [5.74, 6) is -0.274. The lowest BCUT2D eigenvalue weighted by molar-refractivity contribution is -0.554. The molecule has 1 fully saturated rings. The van der Waals surface area contributed by atoms with Gasteiger partial charge in [0, 0.05) is 37.0 Å². The van der Waals surface area contributed by atoms with Crippen LogP contribution in [0, 0.1) is 10.1 Å². The number of carbonyl (C=O) groups excluding carboxylic acids is 2. The van der Waals surface area contributed by atoms with Gasteiger partial charge < -0.3 is 0 Å². The van der Waals surface area contributed by atoms with Gasteiger partial charge in [-0.3, -0.25) is 19.7 Å². The Morgan fingerprint density at radius 3 is 2.40 bits per heavy atom. The average molecular weight is 283 g/mol. The minimum Gasteiger partial charge on any atom is -0.300 e. The van der Waals surface area contributed by atoms with Crippen LogP contribution in [0.1, 0.15) is 77.6 Å². The van der Waals surface area contributed by atoms with Crippen LogP contribution in [-0.4, -0.2) is 22.0 Å². The number of hydrogen-bond acceptors (Lipinski definition) is 4. The fourth-order valence-electron chi connectivity index (χ4n) is 2.85. The Labute approximate surface area is 120 Å². The molecule has 0 spiro atoms. The van der Waals surface area contributed by atoms with Gasteiger partial charge in [-0.05, 0) is 12.8 Å². The highest BCUT2D eigenvalue weighted by molar-refractivity contribution is 5.88. The molecule has 0 N–H and O–H groups in total. The number of nitrogens with zero attached hydrogens (tertiary/aromatic N) is 1. The zero-order valence-corrected chi connectivity index (χ0v) is 12.4. The van der Waals surface area contributed by atoms with Crippen LogP contribution >= 0.6 is 0 Å². The number of nitro groups is 1. The summed E-state index contributed by atoms with van der Waals surface area (Å²) in [6.45, 7) is 1.75. The van der Waals surface area contributed by atoms with Crippen molar-refractivity contribution in [1.82, 2.24) is 0 Å². The Morgan fingerprint density at radius 2 is 1.80 bits per heavy atom. The number of hydrogen-bond donors (Lipinski definition) is 0. The van der Waals surface area contributed by atoms with Crippen molar-refractivity contribution in [2.75, 3.05) is 0 Å². The van der Waals surface area contributed by atoms with Crippen LogP contribution in [0.3, 0.4) is 0 Å². The van der Waals surface area contributed by atoms with Gasteiger partial charge in [-0.1, -0.05) is 32.6 Å². The summed E-state index contributed by atoms with van der Waals surface area (Å²) in [5.41, 5.74) is -1.51. The van der Waals surface area contributed by atoms with E-state index in [2.05, 4.69) is 0 Å². The molecule has 1 aliphatic carbocycles. The third kappa shape index (κ3) is 4.39. The molecule has 0 aromatic heterocycles. The van der Waals surface area contributed by atoms with Crippen molar-refractivity contribution in [3.63, 3.8) is 0 Å². The molecule has 20 heavy (non-hydrogen) atoms. The number of Topliss-reactive ketones (excluding diaryl/α,β-unsaturated/α-hetero) is 2. The molecular formula is C15H25NO4. The summed E-state index contributed by atoms with van der Waals surface area (Å²) in [5, 5.41) is 11.5. The molecule has 114 valence electrons. The van der Waals surface area contributed by atoms with E-state index in [-0.39, 0.29) is 37.2 Å². The van der Waals surface area contributed by atoms with Crippen LogP contribution in [0.4, 0.5) is 0 Å². The lowest BCUT2D eigenvalue weighted by Gasteiger charge is -2.24. The van der Waals surface area contributed by atoms with Crippen LogP contribution in [0.2, 0.25) is 0 Å². The van der Waals surface area contributed by atoms with Gasteiger partial charge in [0.1, 0.15) is 5.78 Å². The summed E-state index contributed by atoms with van der Waals surface area (Å²) in [4.78, 5) is 34.9. The van der Waals surface area contributed by atoms with Gasteiger partial charge in [0.15, 0.2) is 0 Å². The van der Waals surface area contributed by atoms with Crippen LogP contribution in [0.25, 0.3) is 0 Å². The van der Waals surface area contributed by atoms with E-state index in [4.69, 9.17) is 0 Å². The molecule has 0 aliphatic heterocycles. The predicted octanol–water partition coefficient (Wildman–Crippen LogP) is 3.46. The maximum atomic E-state index is 12.3. The van der Waals surface area contributed by atoms with Crippen molar-refractivity contribution < 1.29 is 14.5 Å². The van der Waals surface area contributed by atoms with Crippen LogP contribution < -0.4 is 0 Å². The van der Waals surface area contributed by atoms with Crippen molar-refractivity contribution in [2.45, 2.75) is 83.1 Å². The highest BCUT2D eigenvalue weighted by Crippen LogP contribution is 2.30. The van der Waals surface area contributed by atoms with Gasteiger partial charge in [0.05, 0.1) is 0 Å². The molecule has 5 nitrogen and oxygen atoms in total. The first-order chi connectivity index (χ1) is 9.53. The lowest BCUT2D eigenvalue weighted by atomic mass is 9.80. The molecule has 1 rings (SSSR count). The second kappa shape index (κ2) is 8.12. The molecule has 0 radical (unpaired) electrons. The van der Waals surface area contributed by atoms with E-state index < -0.39 is 10.5 Å². The molecule has 0 amide bonds. The molecule has 0 bridgehead atoms. The molecular weight excluding hydrogens is 258 g/mol. The number of carbonyl (C=O) groups is 2. The topological polar surface area (TPSA) is 77.3 Å². The maximum absolute atomic E-state index is 12.3. The van der Waals surface area contributed by atoms with Crippen molar-refractivity contribution in [1.29, 1.82) is 0 Å². The molecule has 1 unspecified atom stereocenters. The quantitative estimate of drug-likeness (QED) is 0.571.